The van der Waals surface area contributed by atoms with Crippen LogP contribution in [0.2, 0.25) is 0 Å². The van der Waals surface area contributed by atoms with Gasteiger partial charge in [-0.2, -0.15) is 5.10 Å². The minimum Gasteiger partial charge on any atom is -0.309 e. The monoisotopic (exact) mass is 402 g/mol. The van der Waals surface area contributed by atoms with Crippen molar-refractivity contribution in [2.24, 2.45) is 0 Å². The molecular weight excluding hydrogens is 376 g/mol. The molecule has 0 bridgehead atoms. The molecule has 7 heteroatoms. The predicted octanol–water partition coefficient (Wildman–Crippen LogP) is 3.82. The largest absolute Gasteiger partial charge is 0.309 e. The summed E-state index contributed by atoms with van der Waals surface area (Å²) in [4.78, 5) is 19.9. The van der Waals surface area contributed by atoms with Gasteiger partial charge in [-0.3, -0.25) is 10.1 Å². The Morgan fingerprint density at radius 2 is 1.73 bits per heavy atom. The number of hydrogen-bond donors (Lipinski definition) is 1. The molecule has 2 aromatic heterocycles. The number of fused-ring (bicyclic) bond motifs is 1. The molecule has 2 heterocycles. The molecule has 7 nitrogen and oxygen atoms in total. The number of hydrogen-bond acceptors (Lipinski definition) is 4. The van der Waals surface area contributed by atoms with Crippen LogP contribution in [0.3, 0.4) is 0 Å². The molecule has 4 rings (SSSR count). The van der Waals surface area contributed by atoms with Crippen molar-refractivity contribution in [2.45, 2.75) is 20.4 Å². The summed E-state index contributed by atoms with van der Waals surface area (Å²) in [6.07, 6.45) is 1.79. The fraction of sp³-hybridized carbons (Fsp3) is 0.261. The molecular formula is C23H26N6O. The molecule has 2 aromatic carbocycles. The first-order valence-electron chi connectivity index (χ1n) is 10.3. The SMILES string of the molecule is CCN(CC)CCn1c(NC(=O)c2ccn(-c3ccccc3)n2)nc2ccccc21. The van der Waals surface area contributed by atoms with Crippen LogP contribution in [-0.2, 0) is 6.54 Å². The summed E-state index contributed by atoms with van der Waals surface area (Å²) in [6, 6.07) is 19.4. The predicted molar refractivity (Wildman–Crippen MR) is 119 cm³/mol. The second-order valence-corrected chi connectivity index (χ2v) is 7.04. The summed E-state index contributed by atoms with van der Waals surface area (Å²) in [5, 5.41) is 7.38. The molecule has 154 valence electrons. The maximum absolute atomic E-state index is 12.9. The standard InChI is InChI=1S/C23H26N6O/c1-3-27(4-2)16-17-28-21-13-9-8-12-19(21)24-23(28)25-22(30)20-14-15-29(26-20)18-10-6-5-7-11-18/h5-15H,3-4,16-17H2,1-2H3,(H,24,25,30). The third-order valence-corrected chi connectivity index (χ3v) is 5.26. The Labute approximate surface area is 175 Å². The van der Waals surface area contributed by atoms with E-state index in [2.05, 4.69) is 38.7 Å². The zero-order valence-electron chi connectivity index (χ0n) is 17.3. The van der Waals surface area contributed by atoms with E-state index in [0.29, 0.717) is 11.6 Å². The molecule has 0 atom stereocenters. The number of nitrogens with one attached hydrogen (secondary N) is 1. The second-order valence-electron chi connectivity index (χ2n) is 7.04. The van der Waals surface area contributed by atoms with Gasteiger partial charge in [0.1, 0.15) is 0 Å². The van der Waals surface area contributed by atoms with Gasteiger partial charge in [0.2, 0.25) is 5.95 Å². The van der Waals surface area contributed by atoms with E-state index in [-0.39, 0.29) is 5.91 Å². The Morgan fingerprint density at radius 1 is 1.00 bits per heavy atom. The van der Waals surface area contributed by atoms with Gasteiger partial charge >= 0.3 is 0 Å². The van der Waals surface area contributed by atoms with Gasteiger partial charge in [0.15, 0.2) is 5.69 Å². The number of likely N-dealkylation sites (N-methyl/N-ethyl adjacent to an activating group) is 1. The molecule has 4 aromatic rings. The zero-order chi connectivity index (χ0) is 20.9. The summed E-state index contributed by atoms with van der Waals surface area (Å²) in [7, 11) is 0. The van der Waals surface area contributed by atoms with Gasteiger partial charge in [-0.15, -0.1) is 0 Å². The lowest BCUT2D eigenvalue weighted by atomic mass is 10.3. The van der Waals surface area contributed by atoms with Gasteiger partial charge in [-0.25, -0.2) is 9.67 Å². The number of aromatic nitrogens is 4. The van der Waals surface area contributed by atoms with E-state index in [1.165, 1.54) is 0 Å². The number of anilines is 1. The highest BCUT2D eigenvalue weighted by molar-refractivity contribution is 6.02. The molecule has 0 saturated heterocycles. The van der Waals surface area contributed by atoms with Gasteiger partial charge < -0.3 is 9.47 Å². The normalized spacial score (nSPS) is 11.3. The van der Waals surface area contributed by atoms with Crippen LogP contribution in [0.15, 0.2) is 66.9 Å². The lowest BCUT2D eigenvalue weighted by Crippen LogP contribution is -2.27. The Morgan fingerprint density at radius 3 is 2.50 bits per heavy atom. The molecule has 30 heavy (non-hydrogen) atoms. The summed E-state index contributed by atoms with van der Waals surface area (Å²) in [6.45, 7) is 7.92. The molecule has 0 unspecified atom stereocenters. The first-order chi connectivity index (χ1) is 14.7. The number of benzene rings is 2. The number of carbonyl (C=O) groups excluding carboxylic acids is 1. The third-order valence-electron chi connectivity index (χ3n) is 5.26. The number of nitrogens with zero attached hydrogens (tertiary/aromatic N) is 5. The summed E-state index contributed by atoms with van der Waals surface area (Å²) < 4.78 is 3.76. The lowest BCUT2D eigenvalue weighted by Gasteiger charge is -2.19. The van der Waals surface area contributed by atoms with Crippen LogP contribution >= 0.6 is 0 Å². The Balaban J connectivity index is 1.58. The quantitative estimate of drug-likeness (QED) is 0.487. The number of para-hydroxylation sites is 3. The topological polar surface area (TPSA) is 68.0 Å². The number of imidazole rings is 1. The first-order valence-corrected chi connectivity index (χ1v) is 10.3. The Kier molecular flexibility index (Phi) is 5.90. The molecule has 0 aliphatic carbocycles. The minimum atomic E-state index is -0.274. The fourth-order valence-corrected chi connectivity index (χ4v) is 3.51. The van der Waals surface area contributed by atoms with Crippen LogP contribution in [-0.4, -0.2) is 49.8 Å². The summed E-state index contributed by atoms with van der Waals surface area (Å²) in [5.74, 6) is 0.270. The van der Waals surface area contributed by atoms with Crippen molar-refractivity contribution in [3.63, 3.8) is 0 Å². The van der Waals surface area contributed by atoms with Crippen molar-refractivity contribution < 1.29 is 4.79 Å². The number of amides is 1. The van der Waals surface area contributed by atoms with Crippen molar-refractivity contribution >= 4 is 22.9 Å². The number of carbonyl (C=O) groups is 1. The zero-order valence-corrected chi connectivity index (χ0v) is 17.3. The van der Waals surface area contributed by atoms with Crippen molar-refractivity contribution in [1.29, 1.82) is 0 Å². The fourth-order valence-electron chi connectivity index (χ4n) is 3.51. The van der Waals surface area contributed by atoms with Gasteiger partial charge in [-0.05, 0) is 43.4 Å². The van der Waals surface area contributed by atoms with E-state index in [4.69, 9.17) is 0 Å². The van der Waals surface area contributed by atoms with Gasteiger partial charge in [-0.1, -0.05) is 44.2 Å². The van der Waals surface area contributed by atoms with E-state index in [1.54, 1.807) is 16.9 Å². The molecule has 1 amide bonds. The van der Waals surface area contributed by atoms with E-state index in [1.807, 2.05) is 54.6 Å². The van der Waals surface area contributed by atoms with Gasteiger partial charge in [0.05, 0.1) is 16.7 Å². The maximum atomic E-state index is 12.9. The van der Waals surface area contributed by atoms with E-state index in [0.717, 1.165) is 42.9 Å². The summed E-state index contributed by atoms with van der Waals surface area (Å²) in [5.41, 5.74) is 3.13. The maximum Gasteiger partial charge on any atom is 0.278 e. The highest BCUT2D eigenvalue weighted by Gasteiger charge is 2.17. The average Bonchev–Trinajstić information content (AvgIpc) is 3.40. The molecule has 0 radical (unpaired) electrons. The van der Waals surface area contributed by atoms with E-state index < -0.39 is 0 Å². The van der Waals surface area contributed by atoms with Crippen LogP contribution in [0, 0.1) is 0 Å². The molecule has 0 saturated carbocycles. The van der Waals surface area contributed by atoms with Crippen LogP contribution < -0.4 is 5.32 Å². The molecule has 0 aliphatic heterocycles. The summed E-state index contributed by atoms with van der Waals surface area (Å²) >= 11 is 0. The molecule has 1 N–H and O–H groups in total. The van der Waals surface area contributed by atoms with Crippen LogP contribution in [0.25, 0.3) is 16.7 Å². The third kappa shape index (κ3) is 4.11. The van der Waals surface area contributed by atoms with Crippen molar-refractivity contribution in [3.05, 3.63) is 72.6 Å². The molecule has 0 fully saturated rings. The highest BCUT2D eigenvalue weighted by Crippen LogP contribution is 2.20. The van der Waals surface area contributed by atoms with Crippen molar-refractivity contribution in [1.82, 2.24) is 24.2 Å². The van der Waals surface area contributed by atoms with Crippen molar-refractivity contribution in [2.75, 3.05) is 25.0 Å². The molecule has 0 aliphatic rings. The minimum absolute atomic E-state index is 0.274. The molecule has 0 spiro atoms. The van der Waals surface area contributed by atoms with E-state index >= 15 is 0 Å². The second kappa shape index (κ2) is 8.92. The Hall–Kier alpha value is -3.45. The highest BCUT2D eigenvalue weighted by atomic mass is 16.2. The van der Waals surface area contributed by atoms with Gasteiger partial charge in [0, 0.05) is 19.3 Å². The lowest BCUT2D eigenvalue weighted by molar-refractivity contribution is 0.102. The van der Waals surface area contributed by atoms with E-state index in [9.17, 15) is 4.79 Å². The number of rotatable bonds is 8. The average molecular weight is 403 g/mol. The van der Waals surface area contributed by atoms with Gasteiger partial charge in [0.25, 0.3) is 5.91 Å². The Bertz CT molecular complexity index is 1130. The first kappa shape index (κ1) is 19.8. The van der Waals surface area contributed by atoms with Crippen LogP contribution in [0.5, 0.6) is 0 Å². The smallest absolute Gasteiger partial charge is 0.278 e. The van der Waals surface area contributed by atoms with Crippen molar-refractivity contribution in [3.8, 4) is 5.69 Å². The van der Waals surface area contributed by atoms with Crippen LogP contribution in [0.1, 0.15) is 24.3 Å². The van der Waals surface area contributed by atoms with Crippen LogP contribution in [0.4, 0.5) is 5.95 Å².